The van der Waals surface area contributed by atoms with Gasteiger partial charge < -0.3 is 0 Å². The molecule has 2 aromatic heterocycles. The van der Waals surface area contributed by atoms with Gasteiger partial charge in [-0.2, -0.15) is 0 Å². The summed E-state index contributed by atoms with van der Waals surface area (Å²) in [5, 5.41) is 1.09. The summed E-state index contributed by atoms with van der Waals surface area (Å²) in [5.74, 6) is 1.84. The van der Waals surface area contributed by atoms with E-state index in [2.05, 4.69) is 0 Å². The van der Waals surface area contributed by atoms with Crippen LogP contribution >= 0.6 is 0 Å². The van der Waals surface area contributed by atoms with Crippen molar-refractivity contribution in [3.8, 4) is 34.3 Å². The maximum absolute atomic E-state index is 4.76. The molecule has 5 aromatic rings. The van der Waals surface area contributed by atoms with Gasteiger partial charge in [-0.15, -0.1) is 0 Å². The summed E-state index contributed by atoms with van der Waals surface area (Å²) in [6.45, 7) is 0. The zero-order chi connectivity index (χ0) is 18.8. The molecular weight excluding hydrogens is 344 g/mol. The van der Waals surface area contributed by atoms with Crippen molar-refractivity contribution in [2.45, 2.75) is 0 Å². The molecule has 0 spiro atoms. The normalized spacial score (nSPS) is 10.9. The fourth-order valence-corrected chi connectivity index (χ4v) is 3.11. The fourth-order valence-electron chi connectivity index (χ4n) is 3.11. The van der Waals surface area contributed by atoms with Crippen LogP contribution in [0.5, 0.6) is 0 Å². The number of hydrogen-bond acceptors (Lipinski definition) is 4. The van der Waals surface area contributed by atoms with Crippen molar-refractivity contribution in [2.24, 2.45) is 0 Å². The third-order valence-corrected chi connectivity index (χ3v) is 4.53. The Morgan fingerprint density at radius 1 is 0.393 bits per heavy atom. The van der Waals surface area contributed by atoms with E-state index in [4.69, 9.17) is 19.9 Å². The van der Waals surface area contributed by atoms with Crippen molar-refractivity contribution < 1.29 is 0 Å². The van der Waals surface area contributed by atoms with Gasteiger partial charge in [-0.05, 0) is 12.1 Å². The van der Waals surface area contributed by atoms with Gasteiger partial charge in [0.25, 0.3) is 0 Å². The van der Waals surface area contributed by atoms with E-state index in [0.717, 1.165) is 27.7 Å². The first-order chi connectivity index (χ1) is 13.9. The highest BCUT2D eigenvalue weighted by Gasteiger charge is 2.13. The summed E-state index contributed by atoms with van der Waals surface area (Å²) in [6.07, 6.45) is 0. The van der Waals surface area contributed by atoms with Crippen LogP contribution in [0.25, 0.3) is 45.2 Å². The topological polar surface area (TPSA) is 51.6 Å². The molecule has 0 saturated carbocycles. The zero-order valence-corrected chi connectivity index (χ0v) is 15.0. The highest BCUT2D eigenvalue weighted by Crippen LogP contribution is 2.24. The van der Waals surface area contributed by atoms with Gasteiger partial charge in [-0.25, -0.2) is 19.9 Å². The average molecular weight is 360 g/mol. The lowest BCUT2D eigenvalue weighted by Gasteiger charge is -2.08. The van der Waals surface area contributed by atoms with Crippen LogP contribution in [0, 0.1) is 0 Å². The summed E-state index contributed by atoms with van der Waals surface area (Å²) in [7, 11) is 0. The van der Waals surface area contributed by atoms with Crippen LogP contribution in [-0.4, -0.2) is 19.9 Å². The molecule has 0 bridgehead atoms. The minimum Gasteiger partial charge on any atom is -0.244 e. The van der Waals surface area contributed by atoms with Crippen molar-refractivity contribution >= 4 is 10.9 Å². The number of hydrogen-bond donors (Lipinski definition) is 0. The molecule has 4 heteroatoms. The van der Waals surface area contributed by atoms with Gasteiger partial charge in [0.05, 0.1) is 5.52 Å². The molecule has 0 aliphatic carbocycles. The smallest absolute Gasteiger partial charge is 0.182 e. The van der Waals surface area contributed by atoms with E-state index < -0.39 is 0 Å². The lowest BCUT2D eigenvalue weighted by atomic mass is 10.1. The largest absolute Gasteiger partial charge is 0.244 e. The third-order valence-electron chi connectivity index (χ3n) is 4.53. The van der Waals surface area contributed by atoms with Gasteiger partial charge in [0.1, 0.15) is 5.69 Å². The Labute approximate surface area is 162 Å². The van der Waals surface area contributed by atoms with E-state index in [1.165, 1.54) is 0 Å². The van der Waals surface area contributed by atoms with Crippen LogP contribution < -0.4 is 0 Å². The molecule has 3 aromatic carbocycles. The Kier molecular flexibility index (Phi) is 4.07. The molecule has 0 amide bonds. The molecule has 132 valence electrons. The van der Waals surface area contributed by atoms with Crippen molar-refractivity contribution in [1.29, 1.82) is 0 Å². The first-order valence-electron chi connectivity index (χ1n) is 9.10. The van der Waals surface area contributed by atoms with Crippen LogP contribution in [-0.2, 0) is 0 Å². The highest BCUT2D eigenvalue weighted by molar-refractivity contribution is 5.81. The van der Waals surface area contributed by atoms with E-state index in [1.54, 1.807) is 0 Å². The maximum Gasteiger partial charge on any atom is 0.182 e. The van der Waals surface area contributed by atoms with E-state index in [0.29, 0.717) is 17.5 Å². The number of aromatic nitrogens is 4. The van der Waals surface area contributed by atoms with E-state index in [1.807, 2.05) is 97.1 Å². The van der Waals surface area contributed by atoms with E-state index in [-0.39, 0.29) is 0 Å². The van der Waals surface area contributed by atoms with Crippen LogP contribution in [0.4, 0.5) is 0 Å². The Balaban J connectivity index is 1.72. The second-order valence-electron chi connectivity index (χ2n) is 6.43. The van der Waals surface area contributed by atoms with Crippen molar-refractivity contribution in [1.82, 2.24) is 19.9 Å². The van der Waals surface area contributed by atoms with Crippen molar-refractivity contribution in [3.05, 3.63) is 97.1 Å². The molecular formula is C24H16N4. The molecule has 0 aliphatic rings. The lowest BCUT2D eigenvalue weighted by molar-refractivity contribution is 1.06. The Morgan fingerprint density at radius 3 is 1.57 bits per heavy atom. The fraction of sp³-hybridized carbons (Fsp3) is 0. The standard InChI is InChI=1S/C24H16N4/c1-3-10-18(11-4-1)22-26-23(19-12-5-2-6-13-19)28-24(27-22)21-16-15-17-9-7-8-14-20(17)25-21/h1-16H. The first-order valence-corrected chi connectivity index (χ1v) is 9.10. The van der Waals surface area contributed by atoms with Crippen LogP contribution in [0.2, 0.25) is 0 Å². The molecule has 0 saturated heterocycles. The quantitative estimate of drug-likeness (QED) is 0.431. The molecule has 2 heterocycles. The van der Waals surface area contributed by atoms with Gasteiger partial charge in [0.15, 0.2) is 17.5 Å². The Hall–Kier alpha value is -3.92. The number of rotatable bonds is 3. The minimum absolute atomic E-state index is 0.568. The first kappa shape index (κ1) is 16.3. The van der Waals surface area contributed by atoms with Gasteiger partial charge in [0.2, 0.25) is 0 Å². The molecule has 0 radical (unpaired) electrons. The molecule has 0 fully saturated rings. The van der Waals surface area contributed by atoms with E-state index in [9.17, 15) is 0 Å². The molecule has 0 N–H and O–H groups in total. The van der Waals surface area contributed by atoms with E-state index >= 15 is 0 Å². The monoisotopic (exact) mass is 360 g/mol. The summed E-state index contributed by atoms with van der Waals surface area (Å²) >= 11 is 0. The summed E-state index contributed by atoms with van der Waals surface area (Å²) in [6, 6.07) is 31.9. The van der Waals surface area contributed by atoms with Crippen LogP contribution in [0.3, 0.4) is 0 Å². The maximum atomic E-state index is 4.76. The third kappa shape index (κ3) is 3.12. The molecule has 0 unspecified atom stereocenters. The molecule has 0 aliphatic heterocycles. The van der Waals surface area contributed by atoms with Gasteiger partial charge in [-0.3, -0.25) is 0 Å². The number of nitrogens with zero attached hydrogens (tertiary/aromatic N) is 4. The second kappa shape index (κ2) is 7.00. The number of fused-ring (bicyclic) bond motifs is 1. The van der Waals surface area contributed by atoms with Crippen molar-refractivity contribution in [2.75, 3.05) is 0 Å². The predicted octanol–water partition coefficient (Wildman–Crippen LogP) is 5.42. The Bertz CT molecular complexity index is 1190. The van der Waals surface area contributed by atoms with Gasteiger partial charge in [-0.1, -0.05) is 84.9 Å². The average Bonchev–Trinajstić information content (AvgIpc) is 2.79. The van der Waals surface area contributed by atoms with Crippen LogP contribution in [0.1, 0.15) is 0 Å². The molecule has 0 atom stereocenters. The van der Waals surface area contributed by atoms with Gasteiger partial charge >= 0.3 is 0 Å². The number of benzene rings is 3. The summed E-state index contributed by atoms with van der Waals surface area (Å²) in [4.78, 5) is 18.9. The zero-order valence-electron chi connectivity index (χ0n) is 15.0. The second-order valence-corrected chi connectivity index (χ2v) is 6.43. The summed E-state index contributed by atoms with van der Waals surface area (Å²) < 4.78 is 0. The van der Waals surface area contributed by atoms with Crippen LogP contribution in [0.15, 0.2) is 97.1 Å². The Morgan fingerprint density at radius 2 is 0.929 bits per heavy atom. The number of pyridine rings is 1. The molecule has 5 rings (SSSR count). The minimum atomic E-state index is 0.568. The molecule has 28 heavy (non-hydrogen) atoms. The predicted molar refractivity (Wildman–Crippen MR) is 111 cm³/mol. The summed E-state index contributed by atoms with van der Waals surface area (Å²) in [5.41, 5.74) is 3.55. The number of para-hydroxylation sites is 1. The van der Waals surface area contributed by atoms with Crippen molar-refractivity contribution in [3.63, 3.8) is 0 Å². The highest BCUT2D eigenvalue weighted by atomic mass is 15.0. The van der Waals surface area contributed by atoms with Gasteiger partial charge in [0, 0.05) is 16.5 Å². The SMILES string of the molecule is c1ccc(-c2nc(-c3ccccc3)nc(-c3ccc4ccccc4n3)n2)cc1. The molecule has 4 nitrogen and oxygen atoms in total. The lowest BCUT2D eigenvalue weighted by Crippen LogP contribution is -2.01.